The molecule has 7 heteroatoms. The van der Waals surface area contributed by atoms with E-state index in [0.29, 0.717) is 17.5 Å². The number of piperidine rings is 1. The van der Waals surface area contributed by atoms with E-state index in [9.17, 15) is 13.2 Å². The van der Waals surface area contributed by atoms with E-state index in [1.807, 2.05) is 6.92 Å². The van der Waals surface area contributed by atoms with Crippen molar-refractivity contribution in [2.45, 2.75) is 38.1 Å². The number of nitrogens with two attached hydrogens (primary N) is 1. The second-order valence-electron chi connectivity index (χ2n) is 6.64. The molecule has 1 amide bonds. The van der Waals surface area contributed by atoms with E-state index in [-0.39, 0.29) is 16.8 Å². The Morgan fingerprint density at radius 1 is 1.30 bits per heavy atom. The zero-order valence-electron chi connectivity index (χ0n) is 13.8. The van der Waals surface area contributed by atoms with Crippen molar-refractivity contribution in [2.24, 2.45) is 17.0 Å². The number of rotatable bonds is 4. The van der Waals surface area contributed by atoms with E-state index in [0.717, 1.165) is 13.1 Å². The third-order valence-electron chi connectivity index (χ3n) is 4.25. The van der Waals surface area contributed by atoms with Gasteiger partial charge in [-0.25, -0.2) is 13.6 Å². The van der Waals surface area contributed by atoms with Crippen molar-refractivity contribution in [3.8, 4) is 0 Å². The highest BCUT2D eigenvalue weighted by Gasteiger charge is 2.28. The normalized spacial score (nSPS) is 24.2. The Morgan fingerprint density at radius 2 is 1.91 bits per heavy atom. The number of hydrogen-bond donors (Lipinski definition) is 2. The second kappa shape index (κ2) is 6.98. The van der Waals surface area contributed by atoms with Crippen LogP contribution in [-0.4, -0.2) is 38.4 Å². The predicted molar refractivity (Wildman–Crippen MR) is 90.4 cm³/mol. The number of likely N-dealkylation sites (tertiary alicyclic amines) is 1. The summed E-state index contributed by atoms with van der Waals surface area (Å²) in [6, 6.07) is 5.73. The van der Waals surface area contributed by atoms with Gasteiger partial charge in [0, 0.05) is 18.8 Å². The first-order valence-electron chi connectivity index (χ1n) is 7.84. The van der Waals surface area contributed by atoms with Gasteiger partial charge in [-0.1, -0.05) is 19.9 Å². The molecule has 1 fully saturated rings. The van der Waals surface area contributed by atoms with E-state index in [2.05, 4.69) is 24.1 Å². The average molecular weight is 339 g/mol. The van der Waals surface area contributed by atoms with Gasteiger partial charge in [0.25, 0.3) is 0 Å². The van der Waals surface area contributed by atoms with Gasteiger partial charge in [-0.15, -0.1) is 0 Å². The standard InChI is InChI=1S/C16H25N3O3S/c1-11-7-12(2)10-19(9-11)13(3)16(20)18-14-5-4-6-15(8-14)23(17,21)22/h4-6,8,11-13H,7,9-10H2,1-3H3,(H,18,20)(H2,17,21,22)/t11-,12-,13-/m0/s1. The summed E-state index contributed by atoms with van der Waals surface area (Å²) in [7, 11) is -3.78. The van der Waals surface area contributed by atoms with Crippen molar-refractivity contribution in [2.75, 3.05) is 18.4 Å². The maximum atomic E-state index is 12.5. The Labute approximate surface area is 138 Å². The summed E-state index contributed by atoms with van der Waals surface area (Å²) in [4.78, 5) is 14.6. The van der Waals surface area contributed by atoms with Gasteiger partial charge in [0.05, 0.1) is 10.9 Å². The lowest BCUT2D eigenvalue weighted by atomic mass is 9.91. The third-order valence-corrected chi connectivity index (χ3v) is 5.17. The van der Waals surface area contributed by atoms with Gasteiger partial charge in [-0.2, -0.15) is 0 Å². The molecule has 0 radical (unpaired) electrons. The van der Waals surface area contributed by atoms with Crippen LogP contribution in [0.4, 0.5) is 5.69 Å². The van der Waals surface area contributed by atoms with Crippen molar-refractivity contribution in [3.05, 3.63) is 24.3 Å². The molecule has 1 aromatic carbocycles. The predicted octanol–water partition coefficient (Wildman–Crippen LogP) is 1.64. The lowest BCUT2D eigenvalue weighted by Crippen LogP contribution is -2.48. The Morgan fingerprint density at radius 3 is 2.48 bits per heavy atom. The van der Waals surface area contributed by atoms with Crippen molar-refractivity contribution >= 4 is 21.6 Å². The minimum absolute atomic E-state index is 0.0110. The smallest absolute Gasteiger partial charge is 0.241 e. The lowest BCUT2D eigenvalue weighted by molar-refractivity contribution is -0.121. The number of carbonyl (C=O) groups is 1. The largest absolute Gasteiger partial charge is 0.325 e. The number of primary sulfonamides is 1. The monoisotopic (exact) mass is 339 g/mol. The Kier molecular flexibility index (Phi) is 5.44. The molecule has 0 aliphatic carbocycles. The molecule has 1 heterocycles. The maximum absolute atomic E-state index is 12.5. The van der Waals surface area contributed by atoms with E-state index in [1.54, 1.807) is 12.1 Å². The third kappa shape index (κ3) is 4.76. The Hall–Kier alpha value is -1.44. The van der Waals surface area contributed by atoms with Crippen LogP contribution < -0.4 is 10.5 Å². The number of anilines is 1. The topological polar surface area (TPSA) is 92.5 Å². The fourth-order valence-electron chi connectivity index (χ4n) is 3.19. The summed E-state index contributed by atoms with van der Waals surface area (Å²) in [5.74, 6) is 0.997. The Balaban J connectivity index is 2.07. The van der Waals surface area contributed by atoms with E-state index < -0.39 is 10.0 Å². The molecule has 2 rings (SSSR count). The van der Waals surface area contributed by atoms with Gasteiger partial charge in [-0.3, -0.25) is 9.69 Å². The number of amides is 1. The van der Waals surface area contributed by atoms with Crippen LogP contribution in [0.5, 0.6) is 0 Å². The van der Waals surface area contributed by atoms with Crippen LogP contribution >= 0.6 is 0 Å². The van der Waals surface area contributed by atoms with Crippen molar-refractivity contribution in [1.29, 1.82) is 0 Å². The highest BCUT2D eigenvalue weighted by molar-refractivity contribution is 7.89. The minimum atomic E-state index is -3.78. The number of nitrogens with one attached hydrogen (secondary N) is 1. The molecule has 0 saturated carbocycles. The summed E-state index contributed by atoms with van der Waals surface area (Å²) >= 11 is 0. The number of nitrogens with zero attached hydrogens (tertiary/aromatic N) is 1. The van der Waals surface area contributed by atoms with Gasteiger partial charge in [0.2, 0.25) is 15.9 Å². The fourth-order valence-corrected chi connectivity index (χ4v) is 3.75. The van der Waals surface area contributed by atoms with Crippen molar-refractivity contribution in [3.63, 3.8) is 0 Å². The molecule has 6 nitrogen and oxygen atoms in total. The number of hydrogen-bond acceptors (Lipinski definition) is 4. The molecule has 128 valence electrons. The quantitative estimate of drug-likeness (QED) is 0.872. The number of carbonyl (C=O) groups excluding carboxylic acids is 1. The Bertz CT molecular complexity index is 665. The zero-order valence-corrected chi connectivity index (χ0v) is 14.6. The molecule has 1 aliphatic rings. The summed E-state index contributed by atoms with van der Waals surface area (Å²) in [6.07, 6.45) is 1.18. The maximum Gasteiger partial charge on any atom is 0.241 e. The molecule has 3 N–H and O–H groups in total. The first-order chi connectivity index (χ1) is 10.7. The molecule has 1 aromatic rings. The highest BCUT2D eigenvalue weighted by atomic mass is 32.2. The minimum Gasteiger partial charge on any atom is -0.325 e. The molecular formula is C16H25N3O3S. The molecule has 0 bridgehead atoms. The molecule has 0 spiro atoms. The highest BCUT2D eigenvalue weighted by Crippen LogP contribution is 2.23. The summed E-state index contributed by atoms with van der Waals surface area (Å²) in [5.41, 5.74) is 0.437. The second-order valence-corrected chi connectivity index (χ2v) is 8.20. The van der Waals surface area contributed by atoms with Gasteiger partial charge >= 0.3 is 0 Å². The first kappa shape index (κ1) is 17.9. The van der Waals surface area contributed by atoms with Crippen molar-refractivity contribution < 1.29 is 13.2 Å². The van der Waals surface area contributed by atoms with Crippen LogP contribution in [-0.2, 0) is 14.8 Å². The average Bonchev–Trinajstić information content (AvgIpc) is 2.44. The first-order valence-corrected chi connectivity index (χ1v) is 9.39. The number of benzene rings is 1. The fraction of sp³-hybridized carbons (Fsp3) is 0.562. The van der Waals surface area contributed by atoms with Crippen molar-refractivity contribution in [1.82, 2.24) is 4.90 Å². The van der Waals surface area contributed by atoms with Gasteiger partial charge < -0.3 is 5.32 Å². The van der Waals surface area contributed by atoms with Crippen LogP contribution in [0.1, 0.15) is 27.2 Å². The lowest BCUT2D eigenvalue weighted by Gasteiger charge is -2.38. The van der Waals surface area contributed by atoms with E-state index in [1.165, 1.54) is 18.6 Å². The van der Waals surface area contributed by atoms with Gasteiger partial charge in [0.15, 0.2) is 0 Å². The van der Waals surface area contributed by atoms with E-state index in [4.69, 9.17) is 5.14 Å². The SMILES string of the molecule is C[C@H]1C[C@H](C)CN([C@@H](C)C(=O)Nc2cccc(S(N)(=O)=O)c2)C1. The van der Waals surface area contributed by atoms with Crippen LogP contribution in [0.25, 0.3) is 0 Å². The summed E-state index contributed by atoms with van der Waals surface area (Å²) < 4.78 is 22.8. The van der Waals surface area contributed by atoms with Crippen LogP contribution in [0, 0.1) is 11.8 Å². The van der Waals surface area contributed by atoms with Gasteiger partial charge in [0.1, 0.15) is 0 Å². The zero-order chi connectivity index (χ0) is 17.2. The molecule has 3 atom stereocenters. The molecule has 1 aliphatic heterocycles. The molecule has 0 unspecified atom stereocenters. The summed E-state index contributed by atoms with van der Waals surface area (Å²) in [6.45, 7) is 8.07. The molecule has 0 aromatic heterocycles. The van der Waals surface area contributed by atoms with Crippen LogP contribution in [0.2, 0.25) is 0 Å². The van der Waals surface area contributed by atoms with Crippen LogP contribution in [0.3, 0.4) is 0 Å². The van der Waals surface area contributed by atoms with Gasteiger partial charge in [-0.05, 0) is 43.4 Å². The molecular weight excluding hydrogens is 314 g/mol. The summed E-state index contributed by atoms with van der Waals surface area (Å²) in [5, 5.41) is 7.90. The molecule has 23 heavy (non-hydrogen) atoms. The number of sulfonamides is 1. The van der Waals surface area contributed by atoms with E-state index >= 15 is 0 Å². The molecule has 1 saturated heterocycles. The van der Waals surface area contributed by atoms with Crippen LogP contribution in [0.15, 0.2) is 29.2 Å².